The van der Waals surface area contributed by atoms with Crippen LogP contribution in [0.1, 0.15) is 35.9 Å². The van der Waals surface area contributed by atoms with Gasteiger partial charge in [0.25, 0.3) is 0 Å². The molecule has 1 heterocycles. The van der Waals surface area contributed by atoms with Crippen LogP contribution < -0.4 is 0 Å². The number of hydrogen-bond acceptors (Lipinski definition) is 3. The fourth-order valence-electron chi connectivity index (χ4n) is 1.65. The lowest BCUT2D eigenvalue weighted by molar-refractivity contribution is 0.104. The van der Waals surface area contributed by atoms with Gasteiger partial charge in [-0.3, -0.25) is 9.48 Å². The van der Waals surface area contributed by atoms with Crippen molar-refractivity contribution in [3.8, 4) is 5.75 Å². The maximum absolute atomic E-state index is 12.0. The molecular formula is C15H15BrN2O2. The number of aromatic hydroxyl groups is 1. The van der Waals surface area contributed by atoms with Gasteiger partial charge in [-0.1, -0.05) is 34.1 Å². The van der Waals surface area contributed by atoms with Crippen LogP contribution in [0, 0.1) is 0 Å². The van der Waals surface area contributed by atoms with Crippen molar-refractivity contribution in [1.29, 1.82) is 0 Å². The summed E-state index contributed by atoms with van der Waals surface area (Å²) in [6.07, 6.45) is 4.57. The highest BCUT2D eigenvalue weighted by molar-refractivity contribution is 9.10. The number of halogens is 1. The van der Waals surface area contributed by atoms with Gasteiger partial charge in [0.05, 0.1) is 6.20 Å². The Morgan fingerprint density at radius 1 is 1.35 bits per heavy atom. The van der Waals surface area contributed by atoms with Crippen LogP contribution in [-0.4, -0.2) is 20.7 Å². The van der Waals surface area contributed by atoms with Crippen LogP contribution in [0.15, 0.2) is 41.0 Å². The van der Waals surface area contributed by atoms with Crippen molar-refractivity contribution in [2.45, 2.75) is 19.9 Å². The van der Waals surface area contributed by atoms with Crippen LogP contribution in [0.25, 0.3) is 6.08 Å². The summed E-state index contributed by atoms with van der Waals surface area (Å²) in [7, 11) is 0. The Kier molecular flexibility index (Phi) is 4.39. The second kappa shape index (κ2) is 6.05. The van der Waals surface area contributed by atoms with Gasteiger partial charge in [0.15, 0.2) is 11.4 Å². The Morgan fingerprint density at radius 2 is 2.00 bits per heavy atom. The van der Waals surface area contributed by atoms with Crippen LogP contribution in [0.5, 0.6) is 5.75 Å². The van der Waals surface area contributed by atoms with Crippen molar-refractivity contribution in [2.75, 3.05) is 0 Å². The monoisotopic (exact) mass is 334 g/mol. The van der Waals surface area contributed by atoms with Gasteiger partial charge in [-0.25, -0.2) is 0 Å². The molecule has 0 aliphatic heterocycles. The highest BCUT2D eigenvalue weighted by Crippen LogP contribution is 2.19. The van der Waals surface area contributed by atoms with E-state index in [0.717, 1.165) is 10.0 Å². The summed E-state index contributed by atoms with van der Waals surface area (Å²) < 4.78 is 2.55. The van der Waals surface area contributed by atoms with Crippen molar-refractivity contribution < 1.29 is 9.90 Å². The normalized spacial score (nSPS) is 11.4. The molecular weight excluding hydrogens is 320 g/mol. The average Bonchev–Trinajstić information content (AvgIpc) is 2.80. The fourth-order valence-corrected chi connectivity index (χ4v) is 1.91. The Labute approximate surface area is 125 Å². The predicted molar refractivity (Wildman–Crippen MR) is 81.8 cm³/mol. The van der Waals surface area contributed by atoms with Crippen molar-refractivity contribution >= 4 is 27.8 Å². The van der Waals surface area contributed by atoms with E-state index >= 15 is 0 Å². The molecule has 104 valence electrons. The van der Waals surface area contributed by atoms with E-state index in [0.29, 0.717) is 0 Å². The first-order chi connectivity index (χ1) is 9.47. The van der Waals surface area contributed by atoms with Gasteiger partial charge in [0, 0.05) is 10.5 Å². The maximum atomic E-state index is 12.0. The minimum Gasteiger partial charge on any atom is -0.504 e. The molecule has 0 saturated heterocycles. The van der Waals surface area contributed by atoms with Gasteiger partial charge in [-0.2, -0.15) is 5.10 Å². The van der Waals surface area contributed by atoms with Crippen molar-refractivity contribution in [2.24, 2.45) is 0 Å². The topological polar surface area (TPSA) is 55.1 Å². The number of aromatic nitrogens is 2. The van der Waals surface area contributed by atoms with E-state index in [9.17, 15) is 9.90 Å². The van der Waals surface area contributed by atoms with Gasteiger partial charge in [-0.15, -0.1) is 0 Å². The number of ketones is 1. The SMILES string of the molecule is CC(C)n1cc(O)c(C(=O)C=Cc2ccc(Br)cc2)n1. The van der Waals surface area contributed by atoms with E-state index in [1.807, 2.05) is 38.1 Å². The Bertz CT molecular complexity index is 642. The van der Waals surface area contributed by atoms with Gasteiger partial charge in [0.2, 0.25) is 5.78 Å². The number of benzene rings is 1. The van der Waals surface area contributed by atoms with Gasteiger partial charge >= 0.3 is 0 Å². The maximum Gasteiger partial charge on any atom is 0.209 e. The van der Waals surface area contributed by atoms with Crippen LogP contribution in [0.2, 0.25) is 0 Å². The first kappa shape index (κ1) is 14.5. The standard InChI is InChI=1S/C15H15BrN2O2/c1-10(2)18-9-14(20)15(17-18)13(19)8-5-11-3-6-12(16)7-4-11/h3-10,20H,1-2H3. The van der Waals surface area contributed by atoms with Crippen molar-refractivity contribution in [1.82, 2.24) is 9.78 Å². The smallest absolute Gasteiger partial charge is 0.209 e. The molecule has 0 radical (unpaired) electrons. The number of carbonyl (C=O) groups excluding carboxylic acids is 1. The van der Waals surface area contributed by atoms with Crippen LogP contribution in [-0.2, 0) is 0 Å². The molecule has 1 aromatic carbocycles. The second-order valence-electron chi connectivity index (χ2n) is 4.69. The van der Waals surface area contributed by atoms with E-state index in [1.54, 1.807) is 10.8 Å². The third kappa shape index (κ3) is 3.36. The first-order valence-electron chi connectivity index (χ1n) is 6.23. The lowest BCUT2D eigenvalue weighted by Gasteiger charge is -2.02. The number of rotatable bonds is 4. The summed E-state index contributed by atoms with van der Waals surface area (Å²) in [5.74, 6) is -0.408. The average molecular weight is 335 g/mol. The molecule has 0 spiro atoms. The fraction of sp³-hybridized carbons (Fsp3) is 0.200. The van der Waals surface area contributed by atoms with Crippen LogP contribution in [0.3, 0.4) is 0 Å². The van der Waals surface area contributed by atoms with E-state index in [4.69, 9.17) is 0 Å². The molecule has 0 atom stereocenters. The molecule has 2 rings (SSSR count). The number of carbonyl (C=O) groups is 1. The third-order valence-electron chi connectivity index (χ3n) is 2.77. The minimum atomic E-state index is -0.315. The van der Waals surface area contributed by atoms with Crippen LogP contribution >= 0.6 is 15.9 Å². The molecule has 0 amide bonds. The zero-order chi connectivity index (χ0) is 14.7. The van der Waals surface area contributed by atoms with E-state index in [-0.39, 0.29) is 23.3 Å². The summed E-state index contributed by atoms with van der Waals surface area (Å²) in [6.45, 7) is 3.86. The third-order valence-corrected chi connectivity index (χ3v) is 3.30. The predicted octanol–water partition coefficient (Wildman–Crippen LogP) is 3.83. The Morgan fingerprint density at radius 3 is 2.55 bits per heavy atom. The Hall–Kier alpha value is -1.88. The molecule has 1 N–H and O–H groups in total. The molecule has 0 unspecified atom stereocenters. The zero-order valence-electron chi connectivity index (χ0n) is 11.2. The molecule has 0 fully saturated rings. The summed E-state index contributed by atoms with van der Waals surface area (Å²) in [4.78, 5) is 12.0. The zero-order valence-corrected chi connectivity index (χ0v) is 12.8. The summed E-state index contributed by atoms with van der Waals surface area (Å²) in [6, 6.07) is 7.67. The van der Waals surface area contributed by atoms with Crippen molar-refractivity contribution in [3.63, 3.8) is 0 Å². The lowest BCUT2D eigenvalue weighted by atomic mass is 10.2. The van der Waals surface area contributed by atoms with Crippen molar-refractivity contribution in [3.05, 3.63) is 52.3 Å². The number of nitrogens with zero attached hydrogens (tertiary/aromatic N) is 2. The molecule has 0 saturated carbocycles. The molecule has 5 heteroatoms. The second-order valence-corrected chi connectivity index (χ2v) is 5.60. The van der Waals surface area contributed by atoms with Gasteiger partial charge < -0.3 is 5.11 Å². The summed E-state index contributed by atoms with van der Waals surface area (Å²) in [5.41, 5.74) is 0.983. The highest BCUT2D eigenvalue weighted by atomic mass is 79.9. The first-order valence-corrected chi connectivity index (χ1v) is 7.03. The summed E-state index contributed by atoms with van der Waals surface area (Å²) >= 11 is 3.35. The molecule has 0 bridgehead atoms. The van der Waals surface area contributed by atoms with Gasteiger partial charge in [0.1, 0.15) is 0 Å². The summed E-state index contributed by atoms with van der Waals surface area (Å²) in [5, 5.41) is 13.8. The number of allylic oxidation sites excluding steroid dienone is 1. The quantitative estimate of drug-likeness (QED) is 0.682. The lowest BCUT2D eigenvalue weighted by Crippen LogP contribution is -2.03. The number of hydrogen-bond donors (Lipinski definition) is 1. The minimum absolute atomic E-state index is 0.0760. The van der Waals surface area contributed by atoms with E-state index in [2.05, 4.69) is 21.0 Å². The Balaban J connectivity index is 2.17. The van der Waals surface area contributed by atoms with Gasteiger partial charge in [-0.05, 0) is 37.6 Å². The largest absolute Gasteiger partial charge is 0.504 e. The molecule has 1 aromatic heterocycles. The van der Waals surface area contributed by atoms with E-state index < -0.39 is 0 Å². The molecule has 20 heavy (non-hydrogen) atoms. The molecule has 0 aliphatic rings. The molecule has 4 nitrogen and oxygen atoms in total. The molecule has 0 aliphatic carbocycles. The van der Waals surface area contributed by atoms with E-state index in [1.165, 1.54) is 12.3 Å². The van der Waals surface area contributed by atoms with Crippen LogP contribution in [0.4, 0.5) is 0 Å². The molecule has 2 aromatic rings. The highest BCUT2D eigenvalue weighted by Gasteiger charge is 2.14.